The Bertz CT molecular complexity index is 948. The Balaban J connectivity index is 1.59. The highest BCUT2D eigenvalue weighted by Crippen LogP contribution is 2.39. The van der Waals surface area contributed by atoms with Crippen molar-refractivity contribution in [3.8, 4) is 0 Å². The van der Waals surface area contributed by atoms with Crippen molar-refractivity contribution in [2.45, 2.75) is 44.2 Å². The van der Waals surface area contributed by atoms with Crippen LogP contribution < -0.4 is 4.90 Å². The highest BCUT2D eigenvalue weighted by atomic mass is 32.2. The number of nitrogens with zero attached hydrogens (tertiary/aromatic N) is 6. The molecule has 0 bridgehead atoms. The number of amides is 1. The first-order valence-electron chi connectivity index (χ1n) is 8.93. The molecule has 0 aromatic carbocycles. The second-order valence-corrected chi connectivity index (χ2v) is 9.03. The molecule has 0 N–H and O–H groups in total. The van der Waals surface area contributed by atoms with E-state index in [4.69, 9.17) is 4.52 Å². The van der Waals surface area contributed by atoms with Gasteiger partial charge in [-0.1, -0.05) is 5.16 Å². The van der Waals surface area contributed by atoms with Crippen molar-refractivity contribution in [3.05, 3.63) is 24.0 Å². The molecule has 27 heavy (non-hydrogen) atoms. The largest absolute Gasteiger partial charge is 0.339 e. The van der Waals surface area contributed by atoms with Crippen molar-refractivity contribution < 1.29 is 17.7 Å². The van der Waals surface area contributed by atoms with Crippen molar-refractivity contribution >= 4 is 21.7 Å². The molecule has 11 heteroatoms. The lowest BCUT2D eigenvalue weighted by molar-refractivity contribution is -0.123. The molecule has 1 amide bonds. The monoisotopic (exact) mass is 394 g/mol. The lowest BCUT2D eigenvalue weighted by atomic mass is 10.0. The summed E-state index contributed by atoms with van der Waals surface area (Å²) in [6, 6.07) is 0.943. The topological polar surface area (TPSA) is 114 Å². The van der Waals surface area contributed by atoms with E-state index in [1.807, 2.05) is 0 Å². The summed E-state index contributed by atoms with van der Waals surface area (Å²) in [6.07, 6.45) is 5.88. The summed E-state index contributed by atoms with van der Waals surface area (Å²) in [6.45, 7) is 0.450. The fourth-order valence-electron chi connectivity index (χ4n) is 3.41. The molecular formula is C16H22N6O4S. The van der Waals surface area contributed by atoms with E-state index < -0.39 is 16.1 Å². The molecule has 2 aromatic rings. The van der Waals surface area contributed by atoms with E-state index in [0.717, 1.165) is 19.1 Å². The average Bonchev–Trinajstić information content (AvgIpc) is 3.20. The van der Waals surface area contributed by atoms with Crippen molar-refractivity contribution in [1.29, 1.82) is 0 Å². The van der Waals surface area contributed by atoms with Crippen molar-refractivity contribution in [1.82, 2.24) is 24.2 Å². The maximum Gasteiger partial charge on any atom is 0.246 e. The Hall–Kier alpha value is -2.27. The van der Waals surface area contributed by atoms with Gasteiger partial charge in [-0.2, -0.15) is 14.4 Å². The molecule has 10 nitrogen and oxygen atoms in total. The summed E-state index contributed by atoms with van der Waals surface area (Å²) in [5.74, 6) is 1.50. The van der Waals surface area contributed by atoms with Gasteiger partial charge in [0.25, 0.3) is 0 Å². The Morgan fingerprint density at radius 2 is 2.11 bits per heavy atom. The molecule has 1 saturated heterocycles. The maximum atomic E-state index is 13.1. The third kappa shape index (κ3) is 3.61. The number of piperidine rings is 1. The van der Waals surface area contributed by atoms with Crippen molar-refractivity contribution in [2.24, 2.45) is 7.05 Å². The Morgan fingerprint density at radius 3 is 2.74 bits per heavy atom. The number of rotatable bonds is 6. The molecule has 0 unspecified atom stereocenters. The molecular weight excluding hydrogens is 372 g/mol. The molecule has 0 spiro atoms. The fraction of sp³-hybridized carbons (Fsp3) is 0.625. The van der Waals surface area contributed by atoms with Crippen LogP contribution in [0.4, 0.5) is 5.82 Å². The molecule has 2 aromatic heterocycles. The minimum atomic E-state index is -3.65. The van der Waals surface area contributed by atoms with Crippen LogP contribution in [0.2, 0.25) is 0 Å². The number of carbonyl (C=O) groups excluding carboxylic acids is 1. The molecule has 2 fully saturated rings. The number of aromatic nitrogens is 4. The SMILES string of the molecule is Cn1nccc1N1CCC[C@H](N(Cc2noc(C3CC3)n2)S(C)(=O)=O)C1=O. The highest BCUT2D eigenvalue weighted by molar-refractivity contribution is 7.88. The summed E-state index contributed by atoms with van der Waals surface area (Å²) in [4.78, 5) is 19.0. The van der Waals surface area contributed by atoms with Gasteiger partial charge in [-0.15, -0.1) is 0 Å². The van der Waals surface area contributed by atoms with Gasteiger partial charge in [0, 0.05) is 25.6 Å². The Morgan fingerprint density at radius 1 is 1.33 bits per heavy atom. The molecule has 2 aliphatic rings. The van der Waals surface area contributed by atoms with E-state index in [9.17, 15) is 13.2 Å². The molecule has 1 atom stereocenters. The third-order valence-corrected chi connectivity index (χ3v) is 6.20. The van der Waals surface area contributed by atoms with Crippen LogP contribution in [-0.4, -0.2) is 57.4 Å². The summed E-state index contributed by atoms with van der Waals surface area (Å²) in [5.41, 5.74) is 0. The van der Waals surface area contributed by atoms with Crippen molar-refractivity contribution in [3.63, 3.8) is 0 Å². The zero-order valence-electron chi connectivity index (χ0n) is 15.3. The standard InChI is InChI=1S/C16H22N6O4S/c1-20-14(7-8-17-20)21-9-3-4-12(16(21)23)22(27(2,24)25)10-13-18-15(26-19-13)11-5-6-11/h7-8,11-12H,3-6,9-10H2,1-2H3/t12-/m0/s1. The van der Waals surface area contributed by atoms with Crippen LogP contribution in [-0.2, 0) is 28.4 Å². The van der Waals surface area contributed by atoms with Gasteiger partial charge in [0.1, 0.15) is 11.9 Å². The van der Waals surface area contributed by atoms with Gasteiger partial charge in [0.2, 0.25) is 21.8 Å². The normalized spacial score (nSPS) is 21.2. The number of hydrogen-bond donors (Lipinski definition) is 0. The van der Waals surface area contributed by atoms with Crippen LogP contribution >= 0.6 is 0 Å². The Kier molecular flexibility index (Phi) is 4.50. The van der Waals surface area contributed by atoms with E-state index in [1.54, 1.807) is 28.9 Å². The molecule has 1 saturated carbocycles. The quantitative estimate of drug-likeness (QED) is 0.706. The fourth-order valence-corrected chi connectivity index (χ4v) is 4.42. The van der Waals surface area contributed by atoms with Gasteiger partial charge in [0.05, 0.1) is 19.0 Å². The second kappa shape index (κ2) is 6.71. The smallest absolute Gasteiger partial charge is 0.246 e. The first-order chi connectivity index (χ1) is 12.8. The molecule has 0 radical (unpaired) electrons. The van der Waals surface area contributed by atoms with Gasteiger partial charge in [-0.05, 0) is 25.7 Å². The third-order valence-electron chi connectivity index (χ3n) is 4.96. The lowest BCUT2D eigenvalue weighted by Crippen LogP contribution is -2.54. The van der Waals surface area contributed by atoms with E-state index in [1.165, 1.54) is 4.31 Å². The second-order valence-electron chi connectivity index (χ2n) is 7.09. The van der Waals surface area contributed by atoms with Crippen molar-refractivity contribution in [2.75, 3.05) is 17.7 Å². The van der Waals surface area contributed by atoms with Gasteiger partial charge in [-0.3, -0.25) is 14.4 Å². The lowest BCUT2D eigenvalue weighted by Gasteiger charge is -2.36. The Labute approximate surface area is 157 Å². The predicted molar refractivity (Wildman–Crippen MR) is 95.2 cm³/mol. The summed E-state index contributed by atoms with van der Waals surface area (Å²) in [5, 5.41) is 8.00. The molecule has 1 aliphatic carbocycles. The van der Waals surface area contributed by atoms with Gasteiger partial charge < -0.3 is 4.52 Å². The van der Waals surface area contributed by atoms with Crippen LogP contribution in [0, 0.1) is 0 Å². The number of anilines is 1. The van der Waals surface area contributed by atoms with Gasteiger partial charge >= 0.3 is 0 Å². The summed E-state index contributed by atoms with van der Waals surface area (Å²) < 4.78 is 32.9. The van der Waals surface area contributed by atoms with Gasteiger partial charge in [-0.25, -0.2) is 8.42 Å². The summed E-state index contributed by atoms with van der Waals surface area (Å²) in [7, 11) is -1.90. The number of aryl methyl sites for hydroxylation is 1. The molecule has 3 heterocycles. The molecule has 4 rings (SSSR count). The average molecular weight is 394 g/mol. The zero-order chi connectivity index (χ0) is 19.2. The number of sulfonamides is 1. The van der Waals surface area contributed by atoms with Crippen LogP contribution in [0.5, 0.6) is 0 Å². The van der Waals surface area contributed by atoms with E-state index in [-0.39, 0.29) is 24.2 Å². The van der Waals surface area contributed by atoms with E-state index in [0.29, 0.717) is 31.1 Å². The minimum absolute atomic E-state index is 0.0787. The molecule has 1 aliphatic heterocycles. The minimum Gasteiger partial charge on any atom is -0.339 e. The van der Waals surface area contributed by atoms with Crippen LogP contribution in [0.25, 0.3) is 0 Å². The first-order valence-corrected chi connectivity index (χ1v) is 10.8. The zero-order valence-corrected chi connectivity index (χ0v) is 16.1. The maximum absolute atomic E-state index is 13.1. The molecule has 146 valence electrons. The number of hydrogen-bond acceptors (Lipinski definition) is 7. The van der Waals surface area contributed by atoms with E-state index >= 15 is 0 Å². The summed E-state index contributed by atoms with van der Waals surface area (Å²) >= 11 is 0. The predicted octanol–water partition coefficient (Wildman–Crippen LogP) is 0.638. The van der Waals surface area contributed by atoms with Gasteiger partial charge in [0.15, 0.2) is 5.82 Å². The van der Waals surface area contributed by atoms with Crippen LogP contribution in [0.1, 0.15) is 43.3 Å². The number of carbonyl (C=O) groups is 1. The first kappa shape index (κ1) is 18.1. The van der Waals surface area contributed by atoms with Crippen LogP contribution in [0.3, 0.4) is 0 Å². The van der Waals surface area contributed by atoms with E-state index in [2.05, 4.69) is 15.2 Å². The van der Waals surface area contributed by atoms with Crippen LogP contribution in [0.15, 0.2) is 16.8 Å². The highest BCUT2D eigenvalue weighted by Gasteiger charge is 2.40.